The first kappa shape index (κ1) is 9.97. The third-order valence-electron chi connectivity index (χ3n) is 6.10. The number of benzene rings is 6. The van der Waals surface area contributed by atoms with Crippen LogP contribution in [0.4, 0.5) is 0 Å². The molecule has 0 saturated carbocycles. The van der Waals surface area contributed by atoms with Crippen LogP contribution in [0, 0.1) is 6.92 Å². The Morgan fingerprint density at radius 1 is 0.487 bits per heavy atom. The van der Waals surface area contributed by atoms with Gasteiger partial charge in [-0.15, -0.1) is 0 Å². The Bertz CT molecular complexity index is 2690. The van der Waals surface area contributed by atoms with Crippen LogP contribution in [-0.2, 0) is 5.41 Å². The summed E-state index contributed by atoms with van der Waals surface area (Å²) in [6.45, 7) is 1.19. The molecule has 0 nitrogen and oxygen atoms in total. The zero-order chi connectivity index (χ0) is 46.7. The van der Waals surface area contributed by atoms with E-state index in [9.17, 15) is 12.3 Å². The fourth-order valence-electron chi connectivity index (χ4n) is 4.47. The van der Waals surface area contributed by atoms with Crippen molar-refractivity contribution < 1.29 is 31.5 Å². The lowest BCUT2D eigenvalue weighted by atomic mass is 9.63. The van der Waals surface area contributed by atoms with Crippen molar-refractivity contribution in [1.82, 2.24) is 0 Å². The number of hydrogen-bond acceptors (Lipinski definition) is 0. The van der Waals surface area contributed by atoms with E-state index in [0.29, 0.717) is 0 Å². The van der Waals surface area contributed by atoms with Crippen molar-refractivity contribution >= 4 is 11.6 Å². The Morgan fingerprint density at radius 2 is 0.949 bits per heavy atom. The molecule has 0 amide bonds. The molecule has 188 valence electrons. The Labute approximate surface area is 268 Å². The van der Waals surface area contributed by atoms with Crippen molar-refractivity contribution in [1.29, 1.82) is 0 Å². The van der Waals surface area contributed by atoms with E-state index < -0.39 is 167 Å². The van der Waals surface area contributed by atoms with Gasteiger partial charge in [0.15, 0.2) is 0 Å². The van der Waals surface area contributed by atoms with E-state index in [1.165, 1.54) is 25.1 Å². The van der Waals surface area contributed by atoms with E-state index in [-0.39, 0.29) is 32.8 Å². The van der Waals surface area contributed by atoms with Crippen LogP contribution < -0.4 is 0 Å². The Balaban J connectivity index is 2.03. The zero-order valence-electron chi connectivity index (χ0n) is 43.1. The highest BCUT2D eigenvalue weighted by Crippen LogP contribution is 2.47. The predicted octanol–water partition coefficient (Wildman–Crippen LogP) is 10.4. The molecule has 0 unspecified atom stereocenters. The minimum atomic E-state index is -3.29. The Morgan fingerprint density at radius 3 is 1.46 bits per heavy atom. The van der Waals surface area contributed by atoms with Crippen LogP contribution >= 0.6 is 11.6 Å². The molecular formula is C38H29Cl. The monoisotopic (exact) mass is 543 g/mol. The summed E-state index contributed by atoms with van der Waals surface area (Å²) in [7, 11) is 0. The Hall–Kier alpha value is -4.39. The Kier molecular flexibility index (Phi) is 2.75. The van der Waals surface area contributed by atoms with Gasteiger partial charge in [0.05, 0.1) is 36.9 Å². The van der Waals surface area contributed by atoms with E-state index in [4.69, 9.17) is 30.8 Å². The van der Waals surface area contributed by atoms with Crippen molar-refractivity contribution in [3.8, 4) is 22.3 Å². The van der Waals surface area contributed by atoms with Gasteiger partial charge in [-0.05, 0) is 75.2 Å². The number of rotatable bonds is 6. The van der Waals surface area contributed by atoms with Crippen LogP contribution in [0.3, 0.4) is 0 Å². The SMILES string of the molecule is [2H]c1c([2H])c([2H])c(-c2cc(Cl)cc(-c3c([2H])c([2H])c([2H])c(C(c4c([2H])c([2H])c([2H])c([2H])c4[2H])(c4c([2H])c([2H])c([2H])c([2H])c4[2H])c4c([2H])c([2H])c([2H])c([2H])c4[2H])c3C)c2)c([2H])c1[2H]. The molecule has 0 fully saturated rings. The van der Waals surface area contributed by atoms with Crippen LogP contribution in [0.2, 0.25) is 5.02 Å². The third kappa shape index (κ3) is 4.58. The topological polar surface area (TPSA) is 0 Å². The summed E-state index contributed by atoms with van der Waals surface area (Å²) in [6.07, 6.45) is 0. The molecule has 0 radical (unpaired) electrons. The van der Waals surface area contributed by atoms with Gasteiger partial charge in [0.2, 0.25) is 0 Å². The maximum Gasteiger partial charge on any atom is 0.0704 e. The molecule has 0 aromatic heterocycles. The highest BCUT2D eigenvalue weighted by molar-refractivity contribution is 6.31. The molecule has 0 aliphatic carbocycles. The molecule has 0 saturated heterocycles. The highest BCUT2D eigenvalue weighted by Gasteiger charge is 2.39. The van der Waals surface area contributed by atoms with Crippen molar-refractivity contribution in [2.24, 2.45) is 0 Å². The second kappa shape index (κ2) is 10.8. The van der Waals surface area contributed by atoms with Crippen molar-refractivity contribution in [2.75, 3.05) is 0 Å². The largest absolute Gasteiger partial charge is 0.0843 e. The molecule has 39 heavy (non-hydrogen) atoms. The summed E-state index contributed by atoms with van der Waals surface area (Å²) in [5.41, 5.74) is -8.52. The summed E-state index contributed by atoms with van der Waals surface area (Å²) in [4.78, 5) is 0. The second-order valence-corrected chi connectivity index (χ2v) is 8.67. The lowest BCUT2D eigenvalue weighted by molar-refractivity contribution is 0.739. The van der Waals surface area contributed by atoms with Gasteiger partial charge in [0.1, 0.15) is 0 Å². The summed E-state index contributed by atoms with van der Waals surface area (Å²) >= 11 is 6.61. The third-order valence-corrected chi connectivity index (χ3v) is 6.32. The van der Waals surface area contributed by atoms with Gasteiger partial charge in [-0.1, -0.05) is 151 Å². The first-order valence-electron chi connectivity index (χ1n) is 22.9. The second-order valence-electron chi connectivity index (χ2n) is 8.23. The maximum atomic E-state index is 9.55. The first-order chi connectivity index (χ1) is 28.7. The van der Waals surface area contributed by atoms with Crippen molar-refractivity contribution in [2.45, 2.75) is 12.3 Å². The molecule has 0 aliphatic heterocycles. The molecule has 0 heterocycles. The molecule has 0 atom stereocenters. The predicted molar refractivity (Wildman–Crippen MR) is 165 cm³/mol. The molecule has 0 bridgehead atoms. The van der Waals surface area contributed by atoms with Crippen LogP contribution in [-0.4, -0.2) is 0 Å². The molecule has 1 heteroatoms. The van der Waals surface area contributed by atoms with Gasteiger partial charge in [-0.3, -0.25) is 0 Å². The van der Waals surface area contributed by atoms with Crippen LogP contribution in [0.25, 0.3) is 22.3 Å². The minimum Gasteiger partial charge on any atom is -0.0843 e. The number of halogens is 1. The van der Waals surface area contributed by atoms with Gasteiger partial charge < -0.3 is 0 Å². The molecule has 0 N–H and O–H groups in total. The van der Waals surface area contributed by atoms with Crippen LogP contribution in [0.15, 0.2) is 157 Å². The van der Waals surface area contributed by atoms with Crippen molar-refractivity contribution in [3.63, 3.8) is 0 Å². The fraction of sp³-hybridized carbons (Fsp3) is 0.0526. The van der Waals surface area contributed by atoms with Crippen LogP contribution in [0.5, 0.6) is 0 Å². The average molecular weight is 544 g/mol. The fourth-order valence-corrected chi connectivity index (χ4v) is 4.70. The van der Waals surface area contributed by atoms with Crippen molar-refractivity contribution in [3.05, 3.63) is 190 Å². The average Bonchev–Trinajstić information content (AvgIpc) is 3.22. The van der Waals surface area contributed by atoms with Gasteiger partial charge in [0, 0.05) is 5.02 Å². The van der Waals surface area contributed by atoms with E-state index in [1.54, 1.807) is 0 Å². The zero-order valence-corrected chi connectivity index (χ0v) is 20.9. The summed E-state index contributed by atoms with van der Waals surface area (Å²) in [6, 6.07) is -18.8. The molecule has 6 aromatic rings. The quantitative estimate of drug-likeness (QED) is 0.183. The summed E-state index contributed by atoms with van der Waals surface area (Å²) < 4.78 is 203. The summed E-state index contributed by atoms with van der Waals surface area (Å²) in [5, 5.41) is -0.153. The normalized spacial score (nSPS) is 19.6. The lowest BCUT2D eigenvalue weighted by Gasteiger charge is -2.38. The molecule has 6 rings (SSSR count). The molecule has 0 aliphatic rings. The van der Waals surface area contributed by atoms with E-state index in [1.807, 2.05) is 0 Å². The molecular weight excluding hydrogens is 492 g/mol. The maximum absolute atomic E-state index is 9.55. The van der Waals surface area contributed by atoms with Crippen LogP contribution in [0.1, 0.15) is 59.3 Å². The summed E-state index contributed by atoms with van der Waals surface area (Å²) in [5.74, 6) is 0. The minimum absolute atomic E-state index is 0.0977. The number of hydrogen-bond donors (Lipinski definition) is 0. The highest BCUT2D eigenvalue weighted by atomic mass is 35.5. The molecule has 0 spiro atoms. The van der Waals surface area contributed by atoms with Gasteiger partial charge in [0.25, 0.3) is 0 Å². The van der Waals surface area contributed by atoms with Gasteiger partial charge in [-0.25, -0.2) is 0 Å². The lowest BCUT2D eigenvalue weighted by Crippen LogP contribution is -2.32. The standard InChI is InChI=1S/C38H29Cl/c1-28-36(31-25-30(26-35(39)27-31)29-15-6-2-7-16-29)23-14-24-37(28)38(32-17-8-3-9-18-32,33-19-10-4-11-20-33)34-21-12-5-13-22-34/h2-27H,1H3/i2D,3D,4D,5D,6D,7D,8D,9D,10D,11D,12D,13D,14D,15D,16D,17D,18D,19D,20D,21D,22D,23D,24D. The van der Waals surface area contributed by atoms with Gasteiger partial charge in [-0.2, -0.15) is 0 Å². The van der Waals surface area contributed by atoms with E-state index >= 15 is 0 Å². The van der Waals surface area contributed by atoms with E-state index in [0.717, 1.165) is 0 Å². The van der Waals surface area contributed by atoms with E-state index in [2.05, 4.69) is 0 Å². The smallest absolute Gasteiger partial charge is 0.0704 e. The molecule has 6 aromatic carbocycles. The van der Waals surface area contributed by atoms with Gasteiger partial charge >= 0.3 is 0 Å². The first-order valence-corrected chi connectivity index (χ1v) is 11.8.